The average Bonchev–Trinajstić information content (AvgIpc) is 3.00. The van der Waals surface area contributed by atoms with Gasteiger partial charge < -0.3 is 4.57 Å². The summed E-state index contributed by atoms with van der Waals surface area (Å²) in [6.07, 6.45) is 0.390. The predicted molar refractivity (Wildman–Crippen MR) is 77.4 cm³/mol. The molecule has 2 aromatic heterocycles. The van der Waals surface area contributed by atoms with Crippen molar-refractivity contribution < 1.29 is 4.79 Å². The number of nitrogens with zero attached hydrogens (tertiary/aromatic N) is 2. The van der Waals surface area contributed by atoms with Gasteiger partial charge in [-0.3, -0.25) is 10.1 Å². The number of carbonyl (C=O) groups excluding carboxylic acids is 1. The maximum atomic E-state index is 12.0. The minimum absolute atomic E-state index is 0.0409. The van der Waals surface area contributed by atoms with Crippen LogP contribution in [0.3, 0.4) is 0 Å². The summed E-state index contributed by atoms with van der Waals surface area (Å²) in [5.74, 6) is 0.545. The van der Waals surface area contributed by atoms with Crippen molar-refractivity contribution in [3.05, 3.63) is 46.7 Å². The van der Waals surface area contributed by atoms with Crippen molar-refractivity contribution in [2.24, 2.45) is 7.05 Å². The molecule has 0 spiro atoms. The second-order valence-corrected chi connectivity index (χ2v) is 5.32. The van der Waals surface area contributed by atoms with Crippen LogP contribution in [-0.2, 0) is 18.3 Å². The van der Waals surface area contributed by atoms with Gasteiger partial charge in [-0.15, -0.1) is 11.3 Å². The van der Waals surface area contributed by atoms with Gasteiger partial charge in [0.25, 0.3) is 0 Å². The number of nitrogens with one attached hydrogen (secondary N) is 1. The monoisotopic (exact) mass is 271 g/mol. The molecule has 1 aromatic carbocycles. The van der Waals surface area contributed by atoms with E-state index in [1.807, 2.05) is 53.4 Å². The molecular weight excluding hydrogens is 258 g/mol. The Kier molecular flexibility index (Phi) is 3.05. The molecule has 0 radical (unpaired) electrons. The van der Waals surface area contributed by atoms with Crippen LogP contribution in [-0.4, -0.2) is 15.5 Å². The van der Waals surface area contributed by atoms with E-state index in [1.54, 1.807) is 11.3 Å². The number of aromatic nitrogens is 2. The molecule has 0 aliphatic rings. The van der Waals surface area contributed by atoms with Gasteiger partial charge >= 0.3 is 0 Å². The van der Waals surface area contributed by atoms with Crippen LogP contribution in [0.25, 0.3) is 11.0 Å². The molecule has 0 bridgehead atoms. The first-order chi connectivity index (χ1) is 9.24. The minimum Gasteiger partial charge on any atom is -0.313 e. The Morgan fingerprint density at radius 3 is 2.89 bits per heavy atom. The lowest BCUT2D eigenvalue weighted by Gasteiger charge is -2.04. The van der Waals surface area contributed by atoms with Gasteiger partial charge in [0.2, 0.25) is 11.9 Å². The Hall–Kier alpha value is -2.14. The van der Waals surface area contributed by atoms with Gasteiger partial charge in [-0.25, -0.2) is 4.98 Å². The van der Waals surface area contributed by atoms with Crippen LogP contribution >= 0.6 is 11.3 Å². The van der Waals surface area contributed by atoms with Crippen LogP contribution in [0.2, 0.25) is 0 Å². The fourth-order valence-corrected chi connectivity index (χ4v) is 2.70. The molecule has 3 rings (SSSR count). The molecule has 1 N–H and O–H groups in total. The average molecular weight is 271 g/mol. The normalized spacial score (nSPS) is 10.8. The standard InChI is InChI=1S/C14H13N3OS/c1-17-12-7-3-2-6-11(12)15-14(17)16-13(18)9-10-5-4-8-19-10/h2-8H,9H2,1H3,(H,15,16,18). The Bertz CT molecular complexity index is 715. The predicted octanol–water partition coefficient (Wildman–Crippen LogP) is 2.82. The Balaban J connectivity index is 1.81. The number of fused-ring (bicyclic) bond motifs is 1. The molecule has 0 aliphatic heterocycles. The Morgan fingerprint density at radius 1 is 1.32 bits per heavy atom. The highest BCUT2D eigenvalue weighted by atomic mass is 32.1. The van der Waals surface area contributed by atoms with Gasteiger partial charge in [0.05, 0.1) is 17.5 Å². The van der Waals surface area contributed by atoms with E-state index < -0.39 is 0 Å². The number of carbonyl (C=O) groups is 1. The number of hydrogen-bond donors (Lipinski definition) is 1. The van der Waals surface area contributed by atoms with Gasteiger partial charge in [-0.1, -0.05) is 18.2 Å². The quantitative estimate of drug-likeness (QED) is 0.796. The van der Waals surface area contributed by atoms with Gasteiger partial charge in [-0.2, -0.15) is 0 Å². The molecule has 4 nitrogen and oxygen atoms in total. The topological polar surface area (TPSA) is 46.9 Å². The first kappa shape index (κ1) is 11.9. The van der Waals surface area contributed by atoms with E-state index in [0.717, 1.165) is 15.9 Å². The lowest BCUT2D eigenvalue weighted by molar-refractivity contribution is -0.115. The largest absolute Gasteiger partial charge is 0.313 e. The third-order valence-corrected chi connectivity index (χ3v) is 3.83. The Labute approximate surface area is 114 Å². The zero-order valence-corrected chi connectivity index (χ0v) is 11.3. The molecule has 0 fully saturated rings. The summed E-state index contributed by atoms with van der Waals surface area (Å²) in [7, 11) is 1.90. The zero-order valence-electron chi connectivity index (χ0n) is 10.5. The summed E-state index contributed by atoms with van der Waals surface area (Å²) < 4.78 is 1.89. The van der Waals surface area contributed by atoms with Crippen molar-refractivity contribution in [2.75, 3.05) is 5.32 Å². The van der Waals surface area contributed by atoms with E-state index in [1.165, 1.54) is 0 Å². The summed E-state index contributed by atoms with van der Waals surface area (Å²) >= 11 is 1.58. The van der Waals surface area contributed by atoms with E-state index in [9.17, 15) is 4.79 Å². The number of benzene rings is 1. The molecule has 19 heavy (non-hydrogen) atoms. The molecule has 0 saturated carbocycles. The van der Waals surface area contributed by atoms with Crippen LogP contribution < -0.4 is 5.32 Å². The summed E-state index contributed by atoms with van der Waals surface area (Å²) in [5.41, 5.74) is 1.89. The molecule has 0 unspecified atom stereocenters. The number of thiophene rings is 1. The van der Waals surface area contributed by atoms with Gasteiger partial charge in [0.15, 0.2) is 0 Å². The number of anilines is 1. The number of para-hydroxylation sites is 2. The fraction of sp³-hybridized carbons (Fsp3) is 0.143. The molecule has 1 amide bonds. The molecule has 0 saturated heterocycles. The van der Waals surface area contributed by atoms with E-state index in [4.69, 9.17) is 0 Å². The van der Waals surface area contributed by atoms with Gasteiger partial charge in [-0.05, 0) is 23.6 Å². The van der Waals surface area contributed by atoms with Crippen molar-refractivity contribution in [2.45, 2.75) is 6.42 Å². The summed E-state index contributed by atoms with van der Waals surface area (Å²) in [5, 5.41) is 4.83. The summed E-state index contributed by atoms with van der Waals surface area (Å²) in [4.78, 5) is 17.4. The SMILES string of the molecule is Cn1c(NC(=O)Cc2cccs2)nc2ccccc21. The molecule has 2 heterocycles. The number of hydrogen-bond acceptors (Lipinski definition) is 3. The molecule has 3 aromatic rings. The third kappa shape index (κ3) is 2.37. The van der Waals surface area contributed by atoms with Crippen LogP contribution in [0, 0.1) is 0 Å². The number of amides is 1. The van der Waals surface area contributed by atoms with E-state index >= 15 is 0 Å². The highest BCUT2D eigenvalue weighted by Gasteiger charge is 2.11. The third-order valence-electron chi connectivity index (χ3n) is 2.95. The molecule has 0 aliphatic carbocycles. The zero-order chi connectivity index (χ0) is 13.2. The number of aryl methyl sites for hydroxylation is 1. The first-order valence-corrected chi connectivity index (χ1v) is 6.86. The lowest BCUT2D eigenvalue weighted by Crippen LogP contribution is -2.16. The Morgan fingerprint density at radius 2 is 2.16 bits per heavy atom. The smallest absolute Gasteiger partial charge is 0.231 e. The van der Waals surface area contributed by atoms with Crippen molar-refractivity contribution in [3.63, 3.8) is 0 Å². The maximum Gasteiger partial charge on any atom is 0.231 e. The van der Waals surface area contributed by atoms with E-state index in [2.05, 4.69) is 10.3 Å². The molecule has 0 atom stereocenters. The van der Waals surface area contributed by atoms with Crippen LogP contribution in [0.5, 0.6) is 0 Å². The van der Waals surface area contributed by atoms with Crippen molar-refractivity contribution >= 4 is 34.2 Å². The van der Waals surface area contributed by atoms with Gasteiger partial charge in [0, 0.05) is 11.9 Å². The van der Waals surface area contributed by atoms with E-state index in [-0.39, 0.29) is 5.91 Å². The van der Waals surface area contributed by atoms with Crippen LogP contribution in [0.4, 0.5) is 5.95 Å². The number of imidazole rings is 1. The van der Waals surface area contributed by atoms with E-state index in [0.29, 0.717) is 12.4 Å². The lowest BCUT2D eigenvalue weighted by atomic mass is 10.3. The van der Waals surface area contributed by atoms with Crippen molar-refractivity contribution in [1.82, 2.24) is 9.55 Å². The highest BCUT2D eigenvalue weighted by molar-refractivity contribution is 7.10. The van der Waals surface area contributed by atoms with Gasteiger partial charge in [0.1, 0.15) is 0 Å². The summed E-state index contributed by atoms with van der Waals surface area (Å²) in [6, 6.07) is 11.7. The molecular formula is C14H13N3OS. The summed E-state index contributed by atoms with van der Waals surface area (Å²) in [6.45, 7) is 0. The fourth-order valence-electron chi connectivity index (χ4n) is 2.00. The minimum atomic E-state index is -0.0409. The van der Waals surface area contributed by atoms with Crippen LogP contribution in [0.15, 0.2) is 41.8 Å². The molecule has 5 heteroatoms. The van der Waals surface area contributed by atoms with Crippen LogP contribution in [0.1, 0.15) is 4.88 Å². The molecule has 96 valence electrons. The second-order valence-electron chi connectivity index (χ2n) is 4.29. The second kappa shape index (κ2) is 4.85. The number of rotatable bonds is 3. The highest BCUT2D eigenvalue weighted by Crippen LogP contribution is 2.18. The first-order valence-electron chi connectivity index (χ1n) is 5.98. The maximum absolute atomic E-state index is 12.0. The van der Waals surface area contributed by atoms with Crippen molar-refractivity contribution in [3.8, 4) is 0 Å². The van der Waals surface area contributed by atoms with Crippen molar-refractivity contribution in [1.29, 1.82) is 0 Å².